The van der Waals surface area contributed by atoms with Gasteiger partial charge in [0.05, 0.1) is 0 Å². The van der Waals surface area contributed by atoms with Crippen molar-refractivity contribution in [1.82, 2.24) is 5.32 Å². The second kappa shape index (κ2) is 7.66. The summed E-state index contributed by atoms with van der Waals surface area (Å²) in [6.45, 7) is 13.5. The monoisotopic (exact) mass is 263 g/mol. The predicted octanol–water partition coefficient (Wildman–Crippen LogP) is 3.89. The molecule has 1 aromatic carbocycles. The van der Waals surface area contributed by atoms with Crippen LogP contribution in [0.1, 0.15) is 51.2 Å². The molecule has 0 fully saturated rings. The standard InChI is InChI=1S/C17H29NO/c1-6-19-12-11-15(13-18-17(3,4)5)16-10-8-7-9-14(16)2/h7-10,15,18H,6,11-13H2,1-5H3. The molecule has 2 nitrogen and oxygen atoms in total. The van der Waals surface area contributed by atoms with Gasteiger partial charge < -0.3 is 10.1 Å². The number of hydrogen-bond donors (Lipinski definition) is 1. The van der Waals surface area contributed by atoms with Gasteiger partial charge in [0, 0.05) is 25.3 Å². The molecule has 0 aliphatic carbocycles. The lowest BCUT2D eigenvalue weighted by atomic mass is 9.91. The maximum Gasteiger partial charge on any atom is 0.0472 e. The van der Waals surface area contributed by atoms with Crippen molar-refractivity contribution in [3.05, 3.63) is 35.4 Å². The van der Waals surface area contributed by atoms with Crippen LogP contribution in [0.3, 0.4) is 0 Å². The SMILES string of the molecule is CCOCCC(CNC(C)(C)C)c1ccccc1C. The first kappa shape index (κ1) is 16.2. The van der Waals surface area contributed by atoms with Crippen LogP contribution >= 0.6 is 0 Å². The lowest BCUT2D eigenvalue weighted by molar-refractivity contribution is 0.138. The highest BCUT2D eigenvalue weighted by molar-refractivity contribution is 5.29. The van der Waals surface area contributed by atoms with E-state index in [-0.39, 0.29) is 5.54 Å². The van der Waals surface area contributed by atoms with Gasteiger partial charge in [0.2, 0.25) is 0 Å². The molecule has 0 aromatic heterocycles. The first-order valence-corrected chi connectivity index (χ1v) is 7.32. The molecule has 1 aromatic rings. The molecule has 1 atom stereocenters. The maximum absolute atomic E-state index is 5.53. The first-order valence-electron chi connectivity index (χ1n) is 7.32. The number of hydrogen-bond acceptors (Lipinski definition) is 2. The van der Waals surface area contributed by atoms with Crippen LogP contribution in [0, 0.1) is 6.92 Å². The lowest BCUT2D eigenvalue weighted by Crippen LogP contribution is -2.38. The summed E-state index contributed by atoms with van der Waals surface area (Å²) in [5.41, 5.74) is 2.98. The van der Waals surface area contributed by atoms with Crippen LogP contribution in [0.4, 0.5) is 0 Å². The van der Waals surface area contributed by atoms with Gasteiger partial charge in [-0.1, -0.05) is 24.3 Å². The average molecular weight is 263 g/mol. The fraction of sp³-hybridized carbons (Fsp3) is 0.647. The number of benzene rings is 1. The van der Waals surface area contributed by atoms with E-state index in [0.29, 0.717) is 5.92 Å². The fourth-order valence-corrected chi connectivity index (χ4v) is 2.21. The third kappa shape index (κ3) is 6.22. The van der Waals surface area contributed by atoms with E-state index >= 15 is 0 Å². The van der Waals surface area contributed by atoms with Crippen LogP contribution in [0.5, 0.6) is 0 Å². The molecule has 0 saturated heterocycles. The Hall–Kier alpha value is -0.860. The lowest BCUT2D eigenvalue weighted by Gasteiger charge is -2.26. The molecule has 108 valence electrons. The zero-order chi connectivity index (χ0) is 14.3. The third-order valence-corrected chi connectivity index (χ3v) is 3.32. The van der Waals surface area contributed by atoms with E-state index in [1.165, 1.54) is 11.1 Å². The van der Waals surface area contributed by atoms with Crippen LogP contribution in [0.2, 0.25) is 0 Å². The summed E-state index contributed by atoms with van der Waals surface area (Å²) in [7, 11) is 0. The highest BCUT2D eigenvalue weighted by atomic mass is 16.5. The maximum atomic E-state index is 5.53. The Morgan fingerprint density at radius 2 is 1.89 bits per heavy atom. The first-order chi connectivity index (χ1) is 8.94. The van der Waals surface area contributed by atoms with Gasteiger partial charge in [-0.2, -0.15) is 0 Å². The van der Waals surface area contributed by atoms with Crippen molar-refractivity contribution < 1.29 is 4.74 Å². The minimum absolute atomic E-state index is 0.159. The number of ether oxygens (including phenoxy) is 1. The molecule has 0 aliphatic heterocycles. The van der Waals surface area contributed by atoms with Crippen molar-refractivity contribution in [2.75, 3.05) is 19.8 Å². The molecule has 1 rings (SSSR count). The molecule has 1 N–H and O–H groups in total. The van der Waals surface area contributed by atoms with Crippen LogP contribution < -0.4 is 5.32 Å². The van der Waals surface area contributed by atoms with E-state index in [0.717, 1.165) is 26.2 Å². The summed E-state index contributed by atoms with van der Waals surface area (Å²) in [5.74, 6) is 0.520. The van der Waals surface area contributed by atoms with E-state index < -0.39 is 0 Å². The molecule has 19 heavy (non-hydrogen) atoms. The second-order valence-corrected chi connectivity index (χ2v) is 6.17. The van der Waals surface area contributed by atoms with Gasteiger partial charge in [-0.25, -0.2) is 0 Å². The molecule has 0 heterocycles. The van der Waals surface area contributed by atoms with E-state index in [9.17, 15) is 0 Å². The molecule has 0 bridgehead atoms. The van der Waals surface area contributed by atoms with Crippen molar-refractivity contribution >= 4 is 0 Å². The zero-order valence-electron chi connectivity index (χ0n) is 13.1. The Balaban J connectivity index is 2.71. The summed E-state index contributed by atoms with van der Waals surface area (Å²) < 4.78 is 5.53. The number of aryl methyl sites for hydroxylation is 1. The van der Waals surface area contributed by atoms with Crippen molar-refractivity contribution in [3.8, 4) is 0 Å². The van der Waals surface area contributed by atoms with E-state index in [1.54, 1.807) is 0 Å². The topological polar surface area (TPSA) is 21.3 Å². The van der Waals surface area contributed by atoms with Gasteiger partial charge in [0.15, 0.2) is 0 Å². The highest BCUT2D eigenvalue weighted by Gasteiger charge is 2.17. The molecule has 0 radical (unpaired) electrons. The summed E-state index contributed by atoms with van der Waals surface area (Å²) in [6, 6.07) is 8.68. The second-order valence-electron chi connectivity index (χ2n) is 6.17. The minimum Gasteiger partial charge on any atom is -0.382 e. The Morgan fingerprint density at radius 3 is 2.47 bits per heavy atom. The molecule has 0 saturated carbocycles. The van der Waals surface area contributed by atoms with Crippen molar-refractivity contribution in [2.45, 2.75) is 52.5 Å². The molecule has 1 unspecified atom stereocenters. The van der Waals surface area contributed by atoms with E-state index in [1.807, 2.05) is 0 Å². The quantitative estimate of drug-likeness (QED) is 0.753. The zero-order valence-corrected chi connectivity index (χ0v) is 13.1. The minimum atomic E-state index is 0.159. The van der Waals surface area contributed by atoms with Crippen LogP contribution in [-0.4, -0.2) is 25.3 Å². The number of nitrogens with one attached hydrogen (secondary N) is 1. The average Bonchev–Trinajstić information content (AvgIpc) is 2.33. The number of rotatable bonds is 7. The Morgan fingerprint density at radius 1 is 1.21 bits per heavy atom. The van der Waals surface area contributed by atoms with Crippen LogP contribution in [-0.2, 0) is 4.74 Å². The van der Waals surface area contributed by atoms with Gasteiger partial charge in [-0.05, 0) is 58.1 Å². The van der Waals surface area contributed by atoms with Crippen LogP contribution in [0.25, 0.3) is 0 Å². The van der Waals surface area contributed by atoms with E-state index in [4.69, 9.17) is 4.74 Å². The van der Waals surface area contributed by atoms with Gasteiger partial charge >= 0.3 is 0 Å². The van der Waals surface area contributed by atoms with Crippen molar-refractivity contribution in [3.63, 3.8) is 0 Å². The van der Waals surface area contributed by atoms with Gasteiger partial charge in [-0.15, -0.1) is 0 Å². The molecule has 0 amide bonds. The molecule has 2 heteroatoms. The molecule has 0 aliphatic rings. The summed E-state index contributed by atoms with van der Waals surface area (Å²) >= 11 is 0. The smallest absolute Gasteiger partial charge is 0.0472 e. The summed E-state index contributed by atoms with van der Waals surface area (Å²) in [5, 5.41) is 3.62. The summed E-state index contributed by atoms with van der Waals surface area (Å²) in [4.78, 5) is 0. The van der Waals surface area contributed by atoms with Gasteiger partial charge in [0.25, 0.3) is 0 Å². The fourth-order valence-electron chi connectivity index (χ4n) is 2.21. The Labute approximate surface area is 118 Å². The summed E-state index contributed by atoms with van der Waals surface area (Å²) in [6.07, 6.45) is 1.07. The van der Waals surface area contributed by atoms with E-state index in [2.05, 4.69) is 64.2 Å². The predicted molar refractivity (Wildman–Crippen MR) is 82.8 cm³/mol. The Bertz CT molecular complexity index is 368. The largest absolute Gasteiger partial charge is 0.382 e. The van der Waals surface area contributed by atoms with Crippen molar-refractivity contribution in [1.29, 1.82) is 0 Å². The molecular weight excluding hydrogens is 234 g/mol. The van der Waals surface area contributed by atoms with Gasteiger partial charge in [0.1, 0.15) is 0 Å². The Kier molecular flexibility index (Phi) is 6.53. The normalized spacial score (nSPS) is 13.5. The van der Waals surface area contributed by atoms with Gasteiger partial charge in [-0.3, -0.25) is 0 Å². The molecule has 0 spiro atoms. The molecular formula is C17H29NO. The van der Waals surface area contributed by atoms with Crippen LogP contribution in [0.15, 0.2) is 24.3 Å². The third-order valence-electron chi connectivity index (χ3n) is 3.32. The highest BCUT2D eigenvalue weighted by Crippen LogP contribution is 2.23. The van der Waals surface area contributed by atoms with Crippen molar-refractivity contribution in [2.24, 2.45) is 0 Å².